The summed E-state index contributed by atoms with van der Waals surface area (Å²) in [6.07, 6.45) is 10.6. The molecule has 19 heavy (non-hydrogen) atoms. The van der Waals surface area contributed by atoms with E-state index in [2.05, 4.69) is 41.1 Å². The zero-order valence-electron chi connectivity index (χ0n) is 12.3. The number of unbranched alkanes of at least 4 members (excludes halogenated alkanes) is 5. The summed E-state index contributed by atoms with van der Waals surface area (Å²) in [5.74, 6) is 0.955. The number of benzene rings is 1. The van der Waals surface area contributed by atoms with E-state index in [0.29, 0.717) is 4.83 Å². The molecule has 0 radical (unpaired) electrons. The zero-order chi connectivity index (χ0) is 13.9. The molecule has 2 heteroatoms. The average molecular weight is 327 g/mol. The summed E-state index contributed by atoms with van der Waals surface area (Å²) >= 11 is 3.80. The van der Waals surface area contributed by atoms with Gasteiger partial charge in [-0.15, -0.1) is 0 Å². The summed E-state index contributed by atoms with van der Waals surface area (Å²) in [6.45, 7) is 2.27. The number of hydrogen-bond donors (Lipinski definition) is 0. The van der Waals surface area contributed by atoms with E-state index in [-0.39, 0.29) is 0 Å². The second-order valence-corrected chi connectivity index (χ2v) is 6.50. The molecule has 0 aliphatic rings. The molecular weight excluding hydrogens is 300 g/mol. The number of ether oxygens (including phenoxy) is 1. The Morgan fingerprint density at radius 3 is 2.58 bits per heavy atom. The molecule has 0 saturated carbocycles. The minimum atomic E-state index is 0.589. The molecular formula is C17H27BrO. The molecule has 0 aliphatic carbocycles. The van der Waals surface area contributed by atoms with Crippen LogP contribution in [-0.4, -0.2) is 11.9 Å². The molecule has 1 atom stereocenters. The molecule has 1 nitrogen and oxygen atoms in total. The highest BCUT2D eigenvalue weighted by molar-refractivity contribution is 9.09. The van der Waals surface area contributed by atoms with Gasteiger partial charge < -0.3 is 4.74 Å². The van der Waals surface area contributed by atoms with Crippen molar-refractivity contribution in [2.45, 2.75) is 63.1 Å². The van der Waals surface area contributed by atoms with Crippen molar-refractivity contribution in [3.63, 3.8) is 0 Å². The molecule has 1 aromatic carbocycles. The van der Waals surface area contributed by atoms with Crippen molar-refractivity contribution in [3.05, 3.63) is 29.8 Å². The third-order valence-corrected chi connectivity index (χ3v) is 4.24. The number of rotatable bonds is 10. The van der Waals surface area contributed by atoms with E-state index in [4.69, 9.17) is 4.74 Å². The Balaban J connectivity index is 2.17. The van der Waals surface area contributed by atoms with Crippen molar-refractivity contribution >= 4 is 15.9 Å². The highest BCUT2D eigenvalue weighted by Crippen LogP contribution is 2.20. The zero-order valence-corrected chi connectivity index (χ0v) is 13.9. The lowest BCUT2D eigenvalue weighted by atomic mass is 10.0. The van der Waals surface area contributed by atoms with Gasteiger partial charge in [-0.25, -0.2) is 0 Å². The summed E-state index contributed by atoms with van der Waals surface area (Å²) in [7, 11) is 1.72. The van der Waals surface area contributed by atoms with Crippen LogP contribution in [0.1, 0.15) is 57.4 Å². The van der Waals surface area contributed by atoms with Gasteiger partial charge in [-0.3, -0.25) is 0 Å². The first-order chi connectivity index (χ1) is 9.26. The predicted molar refractivity (Wildman–Crippen MR) is 87.4 cm³/mol. The highest BCUT2D eigenvalue weighted by Gasteiger charge is 2.06. The van der Waals surface area contributed by atoms with Gasteiger partial charge in [0.15, 0.2) is 0 Å². The lowest BCUT2D eigenvalue weighted by Gasteiger charge is -2.10. The second-order valence-electron chi connectivity index (χ2n) is 5.21. The van der Waals surface area contributed by atoms with Crippen molar-refractivity contribution in [3.8, 4) is 5.75 Å². The largest absolute Gasteiger partial charge is 0.497 e. The number of halogens is 1. The van der Waals surface area contributed by atoms with E-state index < -0.39 is 0 Å². The van der Waals surface area contributed by atoms with Crippen molar-refractivity contribution in [1.82, 2.24) is 0 Å². The summed E-state index contributed by atoms with van der Waals surface area (Å²) < 4.78 is 5.26. The number of hydrogen-bond acceptors (Lipinski definition) is 1. The third-order valence-electron chi connectivity index (χ3n) is 3.46. The number of methoxy groups -OCH3 is 1. The lowest BCUT2D eigenvalue weighted by molar-refractivity contribution is 0.414. The molecule has 0 aliphatic heterocycles. The van der Waals surface area contributed by atoms with E-state index in [1.54, 1.807) is 7.11 Å². The van der Waals surface area contributed by atoms with Gasteiger partial charge in [-0.1, -0.05) is 73.5 Å². The SMILES string of the molecule is CCCCCCCCC(Br)Cc1cccc(OC)c1. The maximum absolute atomic E-state index is 5.26. The second kappa shape index (κ2) is 10.3. The molecule has 108 valence electrons. The van der Waals surface area contributed by atoms with Gasteiger partial charge in [0, 0.05) is 4.83 Å². The summed E-state index contributed by atoms with van der Waals surface area (Å²) in [5, 5.41) is 0. The van der Waals surface area contributed by atoms with Crippen molar-refractivity contribution < 1.29 is 4.74 Å². The van der Waals surface area contributed by atoms with Crippen LogP contribution in [-0.2, 0) is 6.42 Å². The van der Waals surface area contributed by atoms with Crippen LogP contribution in [0.15, 0.2) is 24.3 Å². The first-order valence-electron chi connectivity index (χ1n) is 7.53. The van der Waals surface area contributed by atoms with Crippen LogP contribution in [0.2, 0.25) is 0 Å². The Hall–Kier alpha value is -0.500. The van der Waals surface area contributed by atoms with Crippen LogP contribution in [0, 0.1) is 0 Å². The normalized spacial score (nSPS) is 12.4. The predicted octanol–water partition coefficient (Wildman–Crippen LogP) is 5.75. The van der Waals surface area contributed by atoms with Crippen LogP contribution in [0.5, 0.6) is 5.75 Å². The molecule has 0 amide bonds. The van der Waals surface area contributed by atoms with Gasteiger partial charge in [0.1, 0.15) is 5.75 Å². The Labute approximate surface area is 126 Å². The van der Waals surface area contributed by atoms with E-state index in [1.165, 1.54) is 50.5 Å². The summed E-state index contributed by atoms with van der Waals surface area (Å²) in [6, 6.07) is 8.38. The molecule has 0 heterocycles. The average Bonchev–Trinajstić information content (AvgIpc) is 2.43. The molecule has 1 rings (SSSR count). The quantitative estimate of drug-likeness (QED) is 0.392. The van der Waals surface area contributed by atoms with Gasteiger partial charge in [0.2, 0.25) is 0 Å². The molecule has 1 unspecified atom stereocenters. The van der Waals surface area contributed by atoms with Gasteiger partial charge in [-0.05, 0) is 30.5 Å². The van der Waals surface area contributed by atoms with E-state index in [9.17, 15) is 0 Å². The Morgan fingerprint density at radius 1 is 1.11 bits per heavy atom. The van der Waals surface area contributed by atoms with Crippen molar-refractivity contribution in [1.29, 1.82) is 0 Å². The number of alkyl halides is 1. The molecule has 0 saturated heterocycles. The maximum Gasteiger partial charge on any atom is 0.119 e. The highest BCUT2D eigenvalue weighted by atomic mass is 79.9. The minimum Gasteiger partial charge on any atom is -0.497 e. The van der Waals surface area contributed by atoms with E-state index in [0.717, 1.165) is 12.2 Å². The van der Waals surface area contributed by atoms with Crippen LogP contribution in [0.3, 0.4) is 0 Å². The molecule has 0 fully saturated rings. The molecule has 0 bridgehead atoms. The molecule has 0 N–H and O–H groups in total. The van der Waals surface area contributed by atoms with E-state index >= 15 is 0 Å². The fourth-order valence-electron chi connectivity index (χ4n) is 2.30. The van der Waals surface area contributed by atoms with Gasteiger partial charge in [-0.2, -0.15) is 0 Å². The summed E-state index contributed by atoms with van der Waals surface area (Å²) in [4.78, 5) is 0.589. The first-order valence-corrected chi connectivity index (χ1v) is 8.44. The van der Waals surface area contributed by atoms with Gasteiger partial charge in [0.05, 0.1) is 7.11 Å². The molecule has 1 aromatic rings. The van der Waals surface area contributed by atoms with Crippen molar-refractivity contribution in [2.75, 3.05) is 7.11 Å². The molecule has 0 spiro atoms. The molecule has 0 aromatic heterocycles. The fraction of sp³-hybridized carbons (Fsp3) is 0.647. The first kappa shape index (κ1) is 16.6. The van der Waals surface area contributed by atoms with Crippen LogP contribution >= 0.6 is 15.9 Å². The van der Waals surface area contributed by atoms with E-state index in [1.807, 2.05) is 6.07 Å². The third kappa shape index (κ3) is 7.61. The maximum atomic E-state index is 5.26. The summed E-state index contributed by atoms with van der Waals surface area (Å²) in [5.41, 5.74) is 1.35. The van der Waals surface area contributed by atoms with Crippen LogP contribution < -0.4 is 4.74 Å². The van der Waals surface area contributed by atoms with Crippen LogP contribution in [0.4, 0.5) is 0 Å². The van der Waals surface area contributed by atoms with Gasteiger partial charge >= 0.3 is 0 Å². The van der Waals surface area contributed by atoms with Gasteiger partial charge in [0.25, 0.3) is 0 Å². The Morgan fingerprint density at radius 2 is 1.84 bits per heavy atom. The minimum absolute atomic E-state index is 0.589. The topological polar surface area (TPSA) is 9.23 Å². The smallest absolute Gasteiger partial charge is 0.119 e. The Kier molecular flexibility index (Phi) is 8.98. The standard InChI is InChI=1S/C17H27BrO/c1-3-4-5-6-7-8-11-16(18)13-15-10-9-12-17(14-15)19-2/h9-10,12,14,16H,3-8,11,13H2,1-2H3. The van der Waals surface area contributed by atoms with Crippen LogP contribution in [0.25, 0.3) is 0 Å². The van der Waals surface area contributed by atoms with Crippen molar-refractivity contribution in [2.24, 2.45) is 0 Å². The monoisotopic (exact) mass is 326 g/mol. The fourth-order valence-corrected chi connectivity index (χ4v) is 3.00. The lowest BCUT2D eigenvalue weighted by Crippen LogP contribution is -2.02. The Bertz CT molecular complexity index is 338.